The number of hydrogen-bond acceptors (Lipinski definition) is 5. The second-order valence-electron chi connectivity index (χ2n) is 3.23. The first-order chi connectivity index (χ1) is 8.19. The van der Waals surface area contributed by atoms with Crippen LogP contribution in [0.4, 0.5) is 0 Å². The molecule has 0 spiro atoms. The quantitative estimate of drug-likeness (QED) is 0.813. The van der Waals surface area contributed by atoms with Crippen LogP contribution in [0.3, 0.4) is 0 Å². The standard InChI is InChI=1S/C11H16BrNO4/c1-14-8-6-9(15-2)11(16-3)10(12)7(8)4-5-17-13/h6H,4-5,13H2,1-3H3. The van der Waals surface area contributed by atoms with Crippen molar-refractivity contribution < 1.29 is 19.0 Å². The average Bonchev–Trinajstić information content (AvgIpc) is 2.36. The van der Waals surface area contributed by atoms with Crippen LogP contribution >= 0.6 is 15.9 Å². The van der Waals surface area contributed by atoms with E-state index in [-0.39, 0.29) is 0 Å². The van der Waals surface area contributed by atoms with Crippen LogP contribution < -0.4 is 20.1 Å². The van der Waals surface area contributed by atoms with Crippen molar-refractivity contribution >= 4 is 15.9 Å². The van der Waals surface area contributed by atoms with Crippen molar-refractivity contribution in [2.24, 2.45) is 5.90 Å². The fourth-order valence-electron chi connectivity index (χ4n) is 1.54. The molecular weight excluding hydrogens is 290 g/mol. The third-order valence-corrected chi connectivity index (χ3v) is 3.20. The highest BCUT2D eigenvalue weighted by molar-refractivity contribution is 9.10. The summed E-state index contributed by atoms with van der Waals surface area (Å²) in [6.45, 7) is 0.393. The predicted octanol–water partition coefficient (Wildman–Crippen LogP) is 1.91. The Labute approximate surface area is 109 Å². The molecule has 1 aromatic rings. The second kappa shape index (κ2) is 6.68. The zero-order chi connectivity index (χ0) is 12.8. The lowest BCUT2D eigenvalue weighted by Gasteiger charge is -2.16. The molecule has 96 valence electrons. The zero-order valence-corrected chi connectivity index (χ0v) is 11.7. The van der Waals surface area contributed by atoms with Gasteiger partial charge >= 0.3 is 0 Å². The summed E-state index contributed by atoms with van der Waals surface area (Å²) in [7, 11) is 4.76. The van der Waals surface area contributed by atoms with Crippen LogP contribution in [0, 0.1) is 0 Å². The van der Waals surface area contributed by atoms with Crippen LogP contribution in [0.1, 0.15) is 5.56 Å². The number of ether oxygens (including phenoxy) is 3. The van der Waals surface area contributed by atoms with Crippen LogP contribution in [0.5, 0.6) is 17.2 Å². The molecule has 0 saturated carbocycles. The van der Waals surface area contributed by atoms with Gasteiger partial charge in [-0.25, -0.2) is 5.90 Å². The van der Waals surface area contributed by atoms with Crippen LogP contribution in [0.25, 0.3) is 0 Å². The van der Waals surface area contributed by atoms with E-state index in [0.29, 0.717) is 30.3 Å². The molecule has 0 aliphatic heterocycles. The predicted molar refractivity (Wildman–Crippen MR) is 67.6 cm³/mol. The van der Waals surface area contributed by atoms with Gasteiger partial charge in [0.15, 0.2) is 11.5 Å². The van der Waals surface area contributed by atoms with E-state index in [1.807, 2.05) is 0 Å². The molecule has 0 heterocycles. The lowest BCUT2D eigenvalue weighted by molar-refractivity contribution is 0.140. The molecule has 0 aromatic heterocycles. The smallest absolute Gasteiger partial charge is 0.175 e. The van der Waals surface area contributed by atoms with Crippen LogP contribution in [-0.4, -0.2) is 27.9 Å². The molecule has 0 atom stereocenters. The summed E-state index contributed by atoms with van der Waals surface area (Å²) in [4.78, 5) is 4.58. The normalized spacial score (nSPS) is 10.2. The largest absolute Gasteiger partial charge is 0.496 e. The van der Waals surface area contributed by atoms with Gasteiger partial charge in [0.2, 0.25) is 0 Å². The minimum absolute atomic E-state index is 0.393. The zero-order valence-electron chi connectivity index (χ0n) is 10.1. The van der Waals surface area contributed by atoms with Gasteiger partial charge in [-0.1, -0.05) is 0 Å². The summed E-state index contributed by atoms with van der Waals surface area (Å²) < 4.78 is 16.6. The van der Waals surface area contributed by atoms with Gasteiger partial charge in [-0.05, 0) is 15.9 Å². The first-order valence-corrected chi connectivity index (χ1v) is 5.77. The van der Waals surface area contributed by atoms with E-state index < -0.39 is 0 Å². The number of benzene rings is 1. The Morgan fingerprint density at radius 1 is 1.12 bits per heavy atom. The molecule has 6 heteroatoms. The Hall–Kier alpha value is -0.980. The number of rotatable bonds is 6. The first-order valence-electron chi connectivity index (χ1n) is 4.98. The molecule has 0 radical (unpaired) electrons. The van der Waals surface area contributed by atoms with Crippen molar-refractivity contribution in [1.29, 1.82) is 0 Å². The molecule has 1 rings (SSSR count). The number of methoxy groups -OCH3 is 3. The minimum atomic E-state index is 0.393. The van der Waals surface area contributed by atoms with Gasteiger partial charge in [0, 0.05) is 18.1 Å². The Kier molecular flexibility index (Phi) is 5.54. The van der Waals surface area contributed by atoms with Crippen molar-refractivity contribution in [2.45, 2.75) is 6.42 Å². The molecule has 17 heavy (non-hydrogen) atoms. The van der Waals surface area contributed by atoms with Crippen LogP contribution in [0.15, 0.2) is 10.5 Å². The lowest BCUT2D eigenvalue weighted by Crippen LogP contribution is -2.06. The van der Waals surface area contributed by atoms with Crippen molar-refractivity contribution in [3.8, 4) is 17.2 Å². The van der Waals surface area contributed by atoms with Crippen molar-refractivity contribution in [1.82, 2.24) is 0 Å². The SMILES string of the molecule is COc1cc(OC)c(OC)c(Br)c1CCON. The van der Waals surface area contributed by atoms with Gasteiger partial charge in [0.05, 0.1) is 32.4 Å². The fourth-order valence-corrected chi connectivity index (χ4v) is 2.29. The number of hydrogen-bond donors (Lipinski definition) is 1. The molecule has 0 aliphatic carbocycles. The van der Waals surface area contributed by atoms with Crippen molar-refractivity contribution in [3.63, 3.8) is 0 Å². The Bertz CT molecular complexity index is 384. The van der Waals surface area contributed by atoms with E-state index in [2.05, 4.69) is 20.8 Å². The van der Waals surface area contributed by atoms with Crippen molar-refractivity contribution in [3.05, 3.63) is 16.1 Å². The molecule has 0 aliphatic rings. The maximum absolute atomic E-state index is 5.30. The molecule has 0 amide bonds. The summed E-state index contributed by atoms with van der Waals surface area (Å²) in [5.74, 6) is 6.96. The third kappa shape index (κ3) is 3.02. The molecule has 0 fully saturated rings. The number of halogens is 1. The summed E-state index contributed by atoms with van der Waals surface area (Å²) in [5, 5.41) is 0. The Morgan fingerprint density at radius 2 is 1.76 bits per heavy atom. The van der Waals surface area contributed by atoms with E-state index in [4.69, 9.17) is 20.1 Å². The number of nitrogens with two attached hydrogens (primary N) is 1. The molecule has 0 unspecified atom stereocenters. The van der Waals surface area contributed by atoms with E-state index in [1.165, 1.54) is 0 Å². The van der Waals surface area contributed by atoms with E-state index in [9.17, 15) is 0 Å². The van der Waals surface area contributed by atoms with Crippen molar-refractivity contribution in [2.75, 3.05) is 27.9 Å². The van der Waals surface area contributed by atoms with Gasteiger partial charge in [-0.15, -0.1) is 0 Å². The summed E-state index contributed by atoms with van der Waals surface area (Å²) in [6.07, 6.45) is 0.612. The van der Waals surface area contributed by atoms with Gasteiger partial charge in [-0.2, -0.15) is 0 Å². The van der Waals surface area contributed by atoms with Gasteiger partial charge < -0.3 is 19.0 Å². The highest BCUT2D eigenvalue weighted by Crippen LogP contribution is 2.43. The Morgan fingerprint density at radius 3 is 2.24 bits per heavy atom. The first kappa shape index (κ1) is 14.1. The second-order valence-corrected chi connectivity index (χ2v) is 4.02. The molecule has 1 aromatic carbocycles. The molecule has 5 nitrogen and oxygen atoms in total. The maximum Gasteiger partial charge on any atom is 0.175 e. The van der Waals surface area contributed by atoms with E-state index >= 15 is 0 Å². The minimum Gasteiger partial charge on any atom is -0.496 e. The summed E-state index contributed by atoms with van der Waals surface area (Å²) >= 11 is 3.47. The third-order valence-electron chi connectivity index (χ3n) is 2.36. The van der Waals surface area contributed by atoms with E-state index in [0.717, 1.165) is 10.0 Å². The van der Waals surface area contributed by atoms with Crippen LogP contribution in [0.2, 0.25) is 0 Å². The van der Waals surface area contributed by atoms with E-state index in [1.54, 1.807) is 27.4 Å². The Balaban J connectivity index is 3.25. The highest BCUT2D eigenvalue weighted by Gasteiger charge is 2.18. The fraction of sp³-hybridized carbons (Fsp3) is 0.455. The topological polar surface area (TPSA) is 62.9 Å². The molecule has 0 saturated heterocycles. The van der Waals surface area contributed by atoms with Crippen LogP contribution in [-0.2, 0) is 11.3 Å². The molecular formula is C11H16BrNO4. The monoisotopic (exact) mass is 305 g/mol. The molecule has 2 N–H and O–H groups in total. The lowest BCUT2D eigenvalue weighted by atomic mass is 10.1. The van der Waals surface area contributed by atoms with Gasteiger partial charge in [-0.3, -0.25) is 0 Å². The highest BCUT2D eigenvalue weighted by atomic mass is 79.9. The summed E-state index contributed by atoms with van der Waals surface area (Å²) in [6, 6.07) is 1.77. The van der Waals surface area contributed by atoms with Gasteiger partial charge in [0.1, 0.15) is 5.75 Å². The molecule has 0 bridgehead atoms. The maximum atomic E-state index is 5.30. The summed E-state index contributed by atoms with van der Waals surface area (Å²) in [5.41, 5.74) is 0.926. The average molecular weight is 306 g/mol. The van der Waals surface area contributed by atoms with Gasteiger partial charge in [0.25, 0.3) is 0 Å².